The minimum atomic E-state index is -0.546. The van der Waals surface area contributed by atoms with Crippen molar-refractivity contribution in [2.75, 3.05) is 6.61 Å². The third kappa shape index (κ3) is 2.88. The Labute approximate surface area is 120 Å². The Morgan fingerprint density at radius 2 is 1.80 bits per heavy atom. The maximum atomic E-state index is 12.3. The summed E-state index contributed by atoms with van der Waals surface area (Å²) in [7, 11) is 0. The molecule has 3 rings (SSSR count). The summed E-state index contributed by atoms with van der Waals surface area (Å²) >= 11 is 0. The van der Waals surface area contributed by atoms with Crippen molar-refractivity contribution in [1.29, 1.82) is 0 Å². The van der Waals surface area contributed by atoms with E-state index in [0.29, 0.717) is 0 Å². The molecule has 2 fully saturated rings. The number of fused-ring (bicyclic) bond motifs is 2. The molecule has 3 heteroatoms. The first-order valence-electron chi connectivity index (χ1n) is 7.62. The molecular weight excluding hydrogens is 252 g/mol. The van der Waals surface area contributed by atoms with Crippen LogP contribution in [0.1, 0.15) is 43.6 Å². The number of hydrogen-bond acceptors (Lipinski definition) is 3. The van der Waals surface area contributed by atoms with E-state index >= 15 is 0 Å². The van der Waals surface area contributed by atoms with E-state index in [2.05, 4.69) is 0 Å². The predicted octanol–water partition coefficient (Wildman–Crippen LogP) is 2.88. The van der Waals surface area contributed by atoms with E-state index in [9.17, 15) is 9.90 Å². The van der Waals surface area contributed by atoms with Gasteiger partial charge in [-0.2, -0.15) is 0 Å². The monoisotopic (exact) mass is 274 g/mol. The topological polar surface area (TPSA) is 46.5 Å². The highest BCUT2D eigenvalue weighted by molar-refractivity contribution is 5.78. The van der Waals surface area contributed by atoms with E-state index in [-0.39, 0.29) is 18.7 Å². The molecule has 3 nitrogen and oxygen atoms in total. The Hall–Kier alpha value is -1.35. The summed E-state index contributed by atoms with van der Waals surface area (Å²) in [4.78, 5) is 12.3. The molecular formula is C17H22O3. The third-order valence-electron chi connectivity index (χ3n) is 4.79. The van der Waals surface area contributed by atoms with Gasteiger partial charge in [-0.15, -0.1) is 0 Å². The van der Waals surface area contributed by atoms with Crippen molar-refractivity contribution < 1.29 is 14.6 Å². The van der Waals surface area contributed by atoms with Gasteiger partial charge in [0.05, 0.1) is 6.61 Å². The summed E-state index contributed by atoms with van der Waals surface area (Å²) in [6, 6.07) is 9.40. The van der Waals surface area contributed by atoms with Crippen LogP contribution in [0.25, 0.3) is 0 Å². The average molecular weight is 274 g/mol. The Morgan fingerprint density at radius 1 is 1.15 bits per heavy atom. The van der Waals surface area contributed by atoms with Gasteiger partial charge in [0, 0.05) is 0 Å². The van der Waals surface area contributed by atoms with Crippen molar-refractivity contribution in [1.82, 2.24) is 0 Å². The van der Waals surface area contributed by atoms with Crippen LogP contribution in [-0.2, 0) is 9.53 Å². The predicted molar refractivity (Wildman–Crippen MR) is 76.2 cm³/mol. The van der Waals surface area contributed by atoms with Crippen molar-refractivity contribution in [3.63, 3.8) is 0 Å². The zero-order valence-corrected chi connectivity index (χ0v) is 11.7. The first-order chi connectivity index (χ1) is 9.76. The van der Waals surface area contributed by atoms with E-state index in [0.717, 1.165) is 30.2 Å². The quantitative estimate of drug-likeness (QED) is 0.859. The van der Waals surface area contributed by atoms with Crippen molar-refractivity contribution in [3.05, 3.63) is 35.9 Å². The minimum absolute atomic E-state index is 0.0616. The second-order valence-corrected chi connectivity index (χ2v) is 6.22. The fourth-order valence-corrected chi connectivity index (χ4v) is 3.79. The summed E-state index contributed by atoms with van der Waals surface area (Å²) in [5.74, 6) is 0.674. The highest BCUT2D eigenvalue weighted by atomic mass is 16.5. The summed E-state index contributed by atoms with van der Waals surface area (Å²) in [6.45, 7) is -0.192. The smallest absolute Gasteiger partial charge is 0.316 e. The number of benzene rings is 1. The molecule has 0 saturated heterocycles. The van der Waals surface area contributed by atoms with E-state index in [1.54, 1.807) is 0 Å². The van der Waals surface area contributed by atoms with Crippen molar-refractivity contribution in [3.8, 4) is 0 Å². The van der Waals surface area contributed by atoms with Crippen LogP contribution in [0.3, 0.4) is 0 Å². The van der Waals surface area contributed by atoms with E-state index in [1.807, 2.05) is 30.3 Å². The minimum Gasteiger partial charge on any atom is -0.462 e. The maximum absolute atomic E-state index is 12.3. The number of hydrogen-bond donors (Lipinski definition) is 1. The molecule has 2 aliphatic carbocycles. The Morgan fingerprint density at radius 3 is 2.40 bits per heavy atom. The molecule has 2 bridgehead atoms. The molecule has 1 aromatic rings. The van der Waals surface area contributed by atoms with Gasteiger partial charge in [-0.3, -0.25) is 4.79 Å². The van der Waals surface area contributed by atoms with Gasteiger partial charge in [-0.25, -0.2) is 0 Å². The number of esters is 1. The maximum Gasteiger partial charge on any atom is 0.316 e. The molecule has 108 valence electrons. The summed E-state index contributed by atoms with van der Waals surface area (Å²) in [5.41, 5.74) is 0.832. The van der Waals surface area contributed by atoms with E-state index < -0.39 is 5.92 Å². The van der Waals surface area contributed by atoms with E-state index in [4.69, 9.17) is 4.74 Å². The van der Waals surface area contributed by atoms with Crippen molar-refractivity contribution >= 4 is 5.97 Å². The Balaban J connectivity index is 1.63. The molecule has 1 aromatic carbocycles. The molecule has 20 heavy (non-hydrogen) atoms. The molecule has 0 heterocycles. The Kier molecular flexibility index (Phi) is 4.06. The summed E-state index contributed by atoms with van der Waals surface area (Å²) in [6.07, 6.45) is 5.98. The molecule has 0 amide bonds. The fraction of sp³-hybridized carbons (Fsp3) is 0.588. The Bertz CT molecular complexity index is 445. The molecule has 0 aromatic heterocycles. The van der Waals surface area contributed by atoms with Gasteiger partial charge < -0.3 is 9.84 Å². The largest absolute Gasteiger partial charge is 0.462 e. The lowest BCUT2D eigenvalue weighted by Crippen LogP contribution is -2.29. The first kappa shape index (κ1) is 13.6. The molecule has 3 atom stereocenters. The summed E-state index contributed by atoms with van der Waals surface area (Å²) < 4.78 is 5.68. The standard InChI is InChI=1S/C17H22O3/c18-11-16(14-4-2-1-3-5-14)17(19)20-15-9-12-6-7-13(8-12)10-15/h1-5,12-13,15-16,18H,6-11H2/t12-,13-,16-/m0/s1. The molecule has 0 aliphatic heterocycles. The first-order valence-corrected chi connectivity index (χ1v) is 7.62. The van der Waals surface area contributed by atoms with Crippen LogP contribution in [0.15, 0.2) is 30.3 Å². The lowest BCUT2D eigenvalue weighted by Gasteiger charge is -2.28. The second kappa shape index (κ2) is 5.96. The fourth-order valence-electron chi connectivity index (χ4n) is 3.79. The van der Waals surface area contributed by atoms with Gasteiger partial charge in [0.15, 0.2) is 0 Å². The highest BCUT2D eigenvalue weighted by Gasteiger charge is 2.36. The lowest BCUT2D eigenvalue weighted by atomic mass is 9.87. The number of rotatable bonds is 4. The van der Waals surface area contributed by atoms with Gasteiger partial charge >= 0.3 is 5.97 Å². The molecule has 0 spiro atoms. The highest BCUT2D eigenvalue weighted by Crippen LogP contribution is 2.43. The van der Waals surface area contributed by atoms with Crippen LogP contribution in [0.5, 0.6) is 0 Å². The van der Waals surface area contributed by atoms with Crippen LogP contribution in [-0.4, -0.2) is 23.8 Å². The van der Waals surface area contributed by atoms with Gasteiger partial charge in [-0.1, -0.05) is 43.2 Å². The normalized spacial score (nSPS) is 29.9. The second-order valence-electron chi connectivity index (χ2n) is 6.22. The van der Waals surface area contributed by atoms with Gasteiger partial charge in [0.2, 0.25) is 0 Å². The zero-order valence-electron chi connectivity index (χ0n) is 11.7. The van der Waals surface area contributed by atoms with Crippen molar-refractivity contribution in [2.45, 2.75) is 44.1 Å². The molecule has 1 N–H and O–H groups in total. The van der Waals surface area contributed by atoms with Gasteiger partial charge in [0.1, 0.15) is 12.0 Å². The number of aliphatic hydroxyl groups excluding tert-OH is 1. The molecule has 2 aliphatic rings. The van der Waals surface area contributed by atoms with Crippen LogP contribution < -0.4 is 0 Å². The number of ether oxygens (including phenoxy) is 1. The average Bonchev–Trinajstić information content (AvgIpc) is 2.80. The van der Waals surface area contributed by atoms with Gasteiger partial charge in [-0.05, 0) is 36.7 Å². The van der Waals surface area contributed by atoms with E-state index in [1.165, 1.54) is 19.3 Å². The number of aliphatic hydroxyl groups is 1. The SMILES string of the molecule is O=C(OC1C[C@H]2CC[C@H](C1)C2)[C@@H](CO)c1ccccc1. The van der Waals surface area contributed by atoms with Crippen LogP contribution in [0, 0.1) is 11.8 Å². The zero-order chi connectivity index (χ0) is 13.9. The number of carbonyl (C=O) groups excluding carboxylic acids is 1. The lowest BCUT2D eigenvalue weighted by molar-refractivity contribution is -0.154. The van der Waals surface area contributed by atoms with Crippen LogP contribution in [0.2, 0.25) is 0 Å². The van der Waals surface area contributed by atoms with Crippen molar-refractivity contribution in [2.24, 2.45) is 11.8 Å². The van der Waals surface area contributed by atoms with Crippen LogP contribution in [0.4, 0.5) is 0 Å². The number of carbonyl (C=O) groups is 1. The molecule has 0 unspecified atom stereocenters. The third-order valence-corrected chi connectivity index (χ3v) is 4.79. The molecule has 2 saturated carbocycles. The molecule has 0 radical (unpaired) electrons. The van der Waals surface area contributed by atoms with Gasteiger partial charge in [0.25, 0.3) is 0 Å². The van der Waals surface area contributed by atoms with Crippen LogP contribution >= 0.6 is 0 Å². The summed E-state index contributed by atoms with van der Waals surface area (Å²) in [5, 5.41) is 9.49.